The lowest BCUT2D eigenvalue weighted by Gasteiger charge is -2.12. The van der Waals surface area contributed by atoms with Crippen LogP contribution in [0.5, 0.6) is 11.5 Å². The first-order valence-corrected chi connectivity index (χ1v) is 8.89. The highest BCUT2D eigenvalue weighted by atomic mass is 16.7. The molecule has 28 heavy (non-hydrogen) atoms. The van der Waals surface area contributed by atoms with Crippen molar-refractivity contribution in [1.82, 2.24) is 9.97 Å². The van der Waals surface area contributed by atoms with Crippen molar-refractivity contribution >= 4 is 23.1 Å². The lowest BCUT2D eigenvalue weighted by Crippen LogP contribution is -2.15. The Hall–Kier alpha value is -3.61. The van der Waals surface area contributed by atoms with E-state index < -0.39 is 0 Å². The lowest BCUT2D eigenvalue weighted by molar-refractivity contribution is 0.102. The van der Waals surface area contributed by atoms with Gasteiger partial charge in [-0.1, -0.05) is 12.1 Å². The summed E-state index contributed by atoms with van der Waals surface area (Å²) < 4.78 is 10.6. The Balaban J connectivity index is 1.56. The maximum atomic E-state index is 12.7. The molecule has 1 aliphatic heterocycles. The molecule has 0 fully saturated rings. The van der Waals surface area contributed by atoms with Gasteiger partial charge in [-0.3, -0.25) is 4.79 Å². The van der Waals surface area contributed by atoms with Gasteiger partial charge in [0.25, 0.3) is 5.91 Å². The zero-order valence-corrected chi connectivity index (χ0v) is 15.9. The molecule has 7 nitrogen and oxygen atoms in total. The van der Waals surface area contributed by atoms with Gasteiger partial charge in [-0.25, -0.2) is 9.97 Å². The average molecular weight is 376 g/mol. The molecule has 0 radical (unpaired) electrons. The van der Waals surface area contributed by atoms with Gasteiger partial charge in [-0.05, 0) is 50.1 Å². The molecule has 4 rings (SSSR count). The number of aromatic nitrogens is 2. The molecule has 2 aromatic carbocycles. The number of hydrogen-bond acceptors (Lipinski definition) is 6. The van der Waals surface area contributed by atoms with Gasteiger partial charge in [0.1, 0.15) is 17.3 Å². The lowest BCUT2D eigenvalue weighted by atomic mass is 10.1. The van der Waals surface area contributed by atoms with Crippen LogP contribution in [0.4, 0.5) is 17.2 Å². The number of benzene rings is 2. The monoisotopic (exact) mass is 376 g/mol. The Bertz CT molecular complexity index is 1070. The molecule has 1 aromatic heterocycles. The van der Waals surface area contributed by atoms with E-state index >= 15 is 0 Å². The van der Waals surface area contributed by atoms with E-state index in [0.717, 1.165) is 11.3 Å². The molecule has 7 heteroatoms. The molecule has 2 N–H and O–H groups in total. The van der Waals surface area contributed by atoms with Crippen molar-refractivity contribution in [2.24, 2.45) is 0 Å². The fourth-order valence-electron chi connectivity index (χ4n) is 2.94. The summed E-state index contributed by atoms with van der Waals surface area (Å²) in [4.78, 5) is 21.4. The first-order valence-electron chi connectivity index (χ1n) is 8.89. The zero-order valence-electron chi connectivity index (χ0n) is 15.9. The number of nitrogens with zero attached hydrogens (tertiary/aromatic N) is 2. The SMILES string of the molecule is Cc1nc(Nc2cccc(C)c2C)cc(C(=O)Nc2ccc3c(c2)OCO3)n1. The predicted octanol–water partition coefficient (Wildman–Crippen LogP) is 4.13. The third-order valence-corrected chi connectivity index (χ3v) is 4.57. The molecule has 0 saturated carbocycles. The Kier molecular flexibility index (Phi) is 4.57. The number of carbonyl (C=O) groups is 1. The van der Waals surface area contributed by atoms with Gasteiger partial charge in [-0.15, -0.1) is 0 Å². The predicted molar refractivity (Wildman–Crippen MR) is 106 cm³/mol. The molecule has 1 amide bonds. The molecule has 0 spiro atoms. The number of aryl methyl sites for hydroxylation is 2. The van der Waals surface area contributed by atoms with E-state index in [1.165, 1.54) is 5.56 Å². The molecule has 2 heterocycles. The fourth-order valence-corrected chi connectivity index (χ4v) is 2.94. The van der Waals surface area contributed by atoms with E-state index in [4.69, 9.17) is 9.47 Å². The minimum absolute atomic E-state index is 0.186. The molecule has 0 atom stereocenters. The highest BCUT2D eigenvalue weighted by Crippen LogP contribution is 2.34. The second-order valence-corrected chi connectivity index (χ2v) is 6.58. The normalized spacial score (nSPS) is 12.0. The molecule has 0 bridgehead atoms. The molecule has 0 aliphatic carbocycles. The summed E-state index contributed by atoms with van der Waals surface area (Å²) in [5.74, 6) is 2.02. The van der Waals surface area contributed by atoms with Crippen LogP contribution >= 0.6 is 0 Å². The summed E-state index contributed by atoms with van der Waals surface area (Å²) in [6.45, 7) is 6.03. The van der Waals surface area contributed by atoms with Crippen LogP contribution in [0.2, 0.25) is 0 Å². The summed E-state index contributed by atoms with van der Waals surface area (Å²) in [5.41, 5.74) is 4.13. The standard InChI is InChI=1S/C21H20N4O3/c1-12-5-4-6-16(13(12)2)25-20-10-17(22-14(3)23-20)21(26)24-15-7-8-18-19(9-15)28-11-27-18/h4-10H,11H2,1-3H3,(H,24,26)(H,22,23,25). The molecule has 1 aliphatic rings. The molecular formula is C21H20N4O3. The summed E-state index contributed by atoms with van der Waals surface area (Å²) in [6, 6.07) is 12.9. The van der Waals surface area contributed by atoms with Crippen molar-refractivity contribution in [2.75, 3.05) is 17.4 Å². The Labute approximate surface area is 162 Å². The van der Waals surface area contributed by atoms with Crippen LogP contribution < -0.4 is 20.1 Å². The van der Waals surface area contributed by atoms with Crippen molar-refractivity contribution in [3.8, 4) is 11.5 Å². The Morgan fingerprint density at radius 1 is 1.00 bits per heavy atom. The third kappa shape index (κ3) is 3.59. The number of carbonyl (C=O) groups excluding carboxylic acids is 1. The fraction of sp³-hybridized carbons (Fsp3) is 0.190. The number of ether oxygens (including phenoxy) is 2. The molecular weight excluding hydrogens is 356 g/mol. The molecule has 0 unspecified atom stereocenters. The minimum Gasteiger partial charge on any atom is -0.454 e. The van der Waals surface area contributed by atoms with Gasteiger partial charge in [0.05, 0.1) is 0 Å². The number of anilines is 3. The van der Waals surface area contributed by atoms with Crippen molar-refractivity contribution < 1.29 is 14.3 Å². The van der Waals surface area contributed by atoms with E-state index in [0.29, 0.717) is 28.8 Å². The van der Waals surface area contributed by atoms with Gasteiger partial charge in [-0.2, -0.15) is 0 Å². The van der Waals surface area contributed by atoms with E-state index in [2.05, 4.69) is 33.6 Å². The van der Waals surface area contributed by atoms with Crippen LogP contribution in [0.15, 0.2) is 42.5 Å². The molecule has 142 valence electrons. The van der Waals surface area contributed by atoms with Crippen LogP contribution in [-0.4, -0.2) is 22.7 Å². The topological polar surface area (TPSA) is 85.4 Å². The number of hydrogen-bond donors (Lipinski definition) is 2. The van der Waals surface area contributed by atoms with Crippen LogP contribution in [0.25, 0.3) is 0 Å². The van der Waals surface area contributed by atoms with Gasteiger partial charge in [0.15, 0.2) is 11.5 Å². The average Bonchev–Trinajstić information content (AvgIpc) is 3.13. The summed E-state index contributed by atoms with van der Waals surface area (Å²) >= 11 is 0. The number of amides is 1. The second kappa shape index (κ2) is 7.19. The third-order valence-electron chi connectivity index (χ3n) is 4.57. The van der Waals surface area contributed by atoms with E-state index in [9.17, 15) is 4.79 Å². The van der Waals surface area contributed by atoms with Crippen molar-refractivity contribution in [2.45, 2.75) is 20.8 Å². The van der Waals surface area contributed by atoms with Crippen LogP contribution in [0.1, 0.15) is 27.4 Å². The Morgan fingerprint density at radius 3 is 2.68 bits per heavy atom. The van der Waals surface area contributed by atoms with E-state index in [-0.39, 0.29) is 18.4 Å². The Morgan fingerprint density at radius 2 is 1.82 bits per heavy atom. The first kappa shape index (κ1) is 17.8. The molecule has 3 aromatic rings. The van der Waals surface area contributed by atoms with Gasteiger partial charge < -0.3 is 20.1 Å². The zero-order chi connectivity index (χ0) is 19.7. The van der Waals surface area contributed by atoms with Gasteiger partial charge >= 0.3 is 0 Å². The summed E-state index contributed by atoms with van der Waals surface area (Å²) in [6.07, 6.45) is 0. The van der Waals surface area contributed by atoms with Gasteiger partial charge in [0, 0.05) is 23.5 Å². The van der Waals surface area contributed by atoms with Crippen molar-refractivity contribution in [3.05, 3.63) is 65.1 Å². The number of nitrogens with one attached hydrogen (secondary N) is 2. The van der Waals surface area contributed by atoms with Crippen LogP contribution in [-0.2, 0) is 0 Å². The molecule has 0 saturated heterocycles. The highest BCUT2D eigenvalue weighted by Gasteiger charge is 2.16. The largest absolute Gasteiger partial charge is 0.454 e. The maximum Gasteiger partial charge on any atom is 0.274 e. The van der Waals surface area contributed by atoms with Crippen LogP contribution in [0, 0.1) is 20.8 Å². The summed E-state index contributed by atoms with van der Waals surface area (Å²) in [7, 11) is 0. The highest BCUT2D eigenvalue weighted by molar-refractivity contribution is 6.03. The quantitative estimate of drug-likeness (QED) is 0.712. The first-order chi connectivity index (χ1) is 13.5. The second-order valence-electron chi connectivity index (χ2n) is 6.58. The van der Waals surface area contributed by atoms with Crippen molar-refractivity contribution in [1.29, 1.82) is 0 Å². The van der Waals surface area contributed by atoms with Crippen molar-refractivity contribution in [3.63, 3.8) is 0 Å². The number of rotatable bonds is 4. The van der Waals surface area contributed by atoms with Crippen LogP contribution in [0.3, 0.4) is 0 Å². The number of fused-ring (bicyclic) bond motifs is 1. The van der Waals surface area contributed by atoms with E-state index in [1.807, 2.05) is 19.1 Å². The minimum atomic E-state index is -0.326. The maximum absolute atomic E-state index is 12.7. The summed E-state index contributed by atoms with van der Waals surface area (Å²) in [5, 5.41) is 6.11. The van der Waals surface area contributed by atoms with Gasteiger partial charge in [0.2, 0.25) is 6.79 Å². The van der Waals surface area contributed by atoms with E-state index in [1.54, 1.807) is 31.2 Å². The smallest absolute Gasteiger partial charge is 0.274 e.